The molecule has 0 radical (unpaired) electrons. The van der Waals surface area contributed by atoms with Gasteiger partial charge in [-0.25, -0.2) is 9.97 Å². The lowest BCUT2D eigenvalue weighted by Crippen LogP contribution is -1.92. The molecule has 5 heteroatoms. The van der Waals surface area contributed by atoms with Gasteiger partial charge in [0.2, 0.25) is 5.88 Å². The average molecular weight is 377 g/mol. The van der Waals surface area contributed by atoms with Crippen molar-refractivity contribution >= 4 is 38.5 Å². The molecular formula is C10H6BrIN2O. The van der Waals surface area contributed by atoms with Crippen LogP contribution in [0.25, 0.3) is 0 Å². The first-order valence-corrected chi connectivity index (χ1v) is 6.02. The van der Waals surface area contributed by atoms with Crippen LogP contribution < -0.4 is 4.74 Å². The lowest BCUT2D eigenvalue weighted by molar-refractivity contribution is 0.455. The van der Waals surface area contributed by atoms with E-state index in [9.17, 15) is 0 Å². The molecule has 0 aliphatic rings. The largest absolute Gasteiger partial charge is 0.437 e. The lowest BCUT2D eigenvalue weighted by Gasteiger charge is -2.06. The molecule has 0 aliphatic heterocycles. The summed E-state index contributed by atoms with van der Waals surface area (Å²) >= 11 is 5.54. The third kappa shape index (κ3) is 2.66. The van der Waals surface area contributed by atoms with Gasteiger partial charge in [-0.3, -0.25) is 0 Å². The molecule has 15 heavy (non-hydrogen) atoms. The van der Waals surface area contributed by atoms with Crippen LogP contribution >= 0.6 is 38.5 Å². The Balaban J connectivity index is 2.30. The molecule has 0 unspecified atom stereocenters. The minimum Gasteiger partial charge on any atom is -0.437 e. The fraction of sp³-hybridized carbons (Fsp3) is 0. The Hall–Kier alpha value is -0.690. The van der Waals surface area contributed by atoms with E-state index >= 15 is 0 Å². The molecule has 0 fully saturated rings. The van der Waals surface area contributed by atoms with Gasteiger partial charge in [-0.15, -0.1) is 0 Å². The van der Waals surface area contributed by atoms with Gasteiger partial charge in [0, 0.05) is 6.20 Å². The van der Waals surface area contributed by atoms with Crippen molar-refractivity contribution in [3.05, 3.63) is 44.8 Å². The molecule has 2 rings (SSSR count). The highest BCUT2D eigenvalue weighted by molar-refractivity contribution is 14.1. The smallest absolute Gasteiger partial charge is 0.235 e. The quantitative estimate of drug-likeness (QED) is 0.750. The van der Waals surface area contributed by atoms with Gasteiger partial charge in [0.25, 0.3) is 0 Å². The molecule has 1 aromatic carbocycles. The first kappa shape index (κ1) is 10.8. The van der Waals surface area contributed by atoms with Gasteiger partial charge < -0.3 is 4.74 Å². The Morgan fingerprint density at radius 3 is 2.80 bits per heavy atom. The SMILES string of the molecule is Brc1ccccc1Oc1ncncc1I. The minimum atomic E-state index is 0.567. The first-order chi connectivity index (χ1) is 7.27. The summed E-state index contributed by atoms with van der Waals surface area (Å²) in [5, 5.41) is 0. The predicted molar refractivity (Wildman–Crippen MR) is 69.0 cm³/mol. The monoisotopic (exact) mass is 376 g/mol. The van der Waals surface area contributed by atoms with Gasteiger partial charge in [0.1, 0.15) is 12.1 Å². The Kier molecular flexibility index (Phi) is 3.53. The van der Waals surface area contributed by atoms with E-state index in [4.69, 9.17) is 4.74 Å². The molecule has 76 valence electrons. The average Bonchev–Trinajstić information content (AvgIpc) is 2.24. The second-order valence-corrected chi connectivity index (χ2v) is 4.72. The molecule has 0 N–H and O–H groups in total. The summed E-state index contributed by atoms with van der Waals surface area (Å²) in [4.78, 5) is 7.95. The number of para-hydroxylation sites is 1. The van der Waals surface area contributed by atoms with E-state index in [0.29, 0.717) is 5.88 Å². The third-order valence-electron chi connectivity index (χ3n) is 1.68. The number of nitrogens with zero attached hydrogens (tertiary/aromatic N) is 2. The Morgan fingerprint density at radius 2 is 2.07 bits per heavy atom. The summed E-state index contributed by atoms with van der Waals surface area (Å²) in [6, 6.07) is 7.64. The molecule has 2 aromatic rings. The molecule has 0 saturated carbocycles. The zero-order chi connectivity index (χ0) is 10.7. The van der Waals surface area contributed by atoms with E-state index in [0.717, 1.165) is 13.8 Å². The normalized spacial score (nSPS) is 10.0. The van der Waals surface area contributed by atoms with Gasteiger partial charge in [-0.2, -0.15) is 0 Å². The van der Waals surface area contributed by atoms with Gasteiger partial charge in [0.05, 0.1) is 8.04 Å². The van der Waals surface area contributed by atoms with Crippen molar-refractivity contribution in [2.24, 2.45) is 0 Å². The summed E-state index contributed by atoms with van der Waals surface area (Å²) in [5.41, 5.74) is 0. The van der Waals surface area contributed by atoms with Gasteiger partial charge in [-0.05, 0) is 50.7 Å². The molecular weight excluding hydrogens is 371 g/mol. The van der Waals surface area contributed by atoms with E-state index in [-0.39, 0.29) is 0 Å². The fourth-order valence-corrected chi connectivity index (χ4v) is 1.78. The number of hydrogen-bond donors (Lipinski definition) is 0. The second-order valence-electron chi connectivity index (χ2n) is 2.71. The van der Waals surface area contributed by atoms with Crippen molar-refractivity contribution in [1.29, 1.82) is 0 Å². The lowest BCUT2D eigenvalue weighted by atomic mass is 10.3. The second kappa shape index (κ2) is 4.89. The summed E-state index contributed by atoms with van der Waals surface area (Å²) in [5.74, 6) is 1.31. The van der Waals surface area contributed by atoms with Crippen LogP contribution in [0.2, 0.25) is 0 Å². The molecule has 0 amide bonds. The van der Waals surface area contributed by atoms with Crippen LogP contribution in [0.5, 0.6) is 11.6 Å². The number of rotatable bonds is 2. The molecule has 0 saturated heterocycles. The van der Waals surface area contributed by atoms with Crippen molar-refractivity contribution in [3.8, 4) is 11.6 Å². The number of aromatic nitrogens is 2. The van der Waals surface area contributed by atoms with Crippen molar-refractivity contribution in [2.75, 3.05) is 0 Å². The fourth-order valence-electron chi connectivity index (χ4n) is 1.01. The highest BCUT2D eigenvalue weighted by atomic mass is 127. The van der Waals surface area contributed by atoms with Crippen molar-refractivity contribution in [3.63, 3.8) is 0 Å². The van der Waals surface area contributed by atoms with Crippen molar-refractivity contribution in [1.82, 2.24) is 9.97 Å². The summed E-state index contributed by atoms with van der Waals surface area (Å²) in [6.45, 7) is 0. The number of ether oxygens (including phenoxy) is 1. The molecule has 3 nitrogen and oxygen atoms in total. The molecule has 0 spiro atoms. The van der Waals surface area contributed by atoms with E-state index in [1.54, 1.807) is 6.20 Å². The summed E-state index contributed by atoms with van der Waals surface area (Å²) in [6.07, 6.45) is 3.17. The number of benzene rings is 1. The van der Waals surface area contributed by atoms with E-state index in [2.05, 4.69) is 48.5 Å². The van der Waals surface area contributed by atoms with Gasteiger partial charge in [0.15, 0.2) is 0 Å². The first-order valence-electron chi connectivity index (χ1n) is 4.15. The van der Waals surface area contributed by atoms with Crippen LogP contribution in [0.4, 0.5) is 0 Å². The zero-order valence-corrected chi connectivity index (χ0v) is 11.3. The standard InChI is InChI=1S/C10H6BrIN2O/c11-7-3-1-2-4-9(7)15-10-8(12)5-13-6-14-10/h1-6H. The topological polar surface area (TPSA) is 35.0 Å². The maximum absolute atomic E-state index is 5.63. The molecule has 1 aromatic heterocycles. The summed E-state index contributed by atoms with van der Waals surface area (Å²) in [7, 11) is 0. The Bertz CT molecular complexity index is 435. The van der Waals surface area contributed by atoms with E-state index in [1.165, 1.54) is 6.33 Å². The van der Waals surface area contributed by atoms with Gasteiger partial charge >= 0.3 is 0 Å². The van der Waals surface area contributed by atoms with Crippen LogP contribution in [0.3, 0.4) is 0 Å². The summed E-state index contributed by atoms with van der Waals surface area (Å²) < 4.78 is 7.42. The molecule has 0 bridgehead atoms. The molecule has 0 atom stereocenters. The van der Waals surface area contributed by atoms with E-state index in [1.807, 2.05) is 24.3 Å². The Morgan fingerprint density at radius 1 is 1.27 bits per heavy atom. The van der Waals surface area contributed by atoms with Crippen LogP contribution in [-0.2, 0) is 0 Å². The maximum Gasteiger partial charge on any atom is 0.235 e. The van der Waals surface area contributed by atoms with Gasteiger partial charge in [-0.1, -0.05) is 12.1 Å². The molecule has 0 aliphatic carbocycles. The minimum absolute atomic E-state index is 0.567. The highest BCUT2D eigenvalue weighted by Crippen LogP contribution is 2.29. The van der Waals surface area contributed by atoms with Crippen molar-refractivity contribution < 1.29 is 4.74 Å². The number of hydrogen-bond acceptors (Lipinski definition) is 3. The third-order valence-corrected chi connectivity index (χ3v) is 3.07. The van der Waals surface area contributed by atoms with Crippen LogP contribution in [0.15, 0.2) is 41.3 Å². The highest BCUT2D eigenvalue weighted by Gasteiger charge is 2.05. The maximum atomic E-state index is 5.63. The van der Waals surface area contributed by atoms with Crippen LogP contribution in [0.1, 0.15) is 0 Å². The van der Waals surface area contributed by atoms with Crippen molar-refractivity contribution in [2.45, 2.75) is 0 Å². The molecule has 1 heterocycles. The Labute approximate surface area is 109 Å². The predicted octanol–water partition coefficient (Wildman–Crippen LogP) is 3.64. The van der Waals surface area contributed by atoms with Crippen LogP contribution in [0, 0.1) is 3.57 Å². The zero-order valence-electron chi connectivity index (χ0n) is 7.52. The number of halogens is 2. The van der Waals surface area contributed by atoms with E-state index < -0.39 is 0 Å². The van der Waals surface area contributed by atoms with Crippen LogP contribution in [-0.4, -0.2) is 9.97 Å².